The molecule has 0 bridgehead atoms. The summed E-state index contributed by atoms with van der Waals surface area (Å²) in [5.41, 5.74) is 0.0262. The van der Waals surface area contributed by atoms with Gasteiger partial charge in [0, 0.05) is 13.1 Å². The number of carboxylic acids is 1. The molecule has 0 saturated heterocycles. The Balaban J connectivity index is 2.03. The zero-order valence-corrected chi connectivity index (χ0v) is 7.93. The summed E-state index contributed by atoms with van der Waals surface area (Å²) >= 11 is 0. The monoisotopic (exact) mass is 196 g/mol. The zero-order valence-electron chi connectivity index (χ0n) is 7.93. The standard InChI is InChI=1S/C9H12N2O3/c1-11-8(14-5-6-2-3-6)4-7(10-11)9(12)13/h4,6H,2-3,5H2,1H3,(H,12,13). The predicted molar refractivity (Wildman–Crippen MR) is 48.4 cm³/mol. The number of ether oxygens (including phenoxy) is 1. The van der Waals surface area contributed by atoms with E-state index in [9.17, 15) is 4.79 Å². The molecule has 1 fully saturated rings. The fourth-order valence-corrected chi connectivity index (χ4v) is 1.18. The zero-order chi connectivity index (χ0) is 10.1. The van der Waals surface area contributed by atoms with E-state index in [1.54, 1.807) is 7.05 Å². The van der Waals surface area contributed by atoms with Gasteiger partial charge in [0.15, 0.2) is 5.69 Å². The van der Waals surface area contributed by atoms with Crippen LogP contribution in [-0.4, -0.2) is 27.5 Å². The smallest absolute Gasteiger partial charge is 0.356 e. The van der Waals surface area contributed by atoms with E-state index in [1.165, 1.54) is 23.6 Å². The lowest BCUT2D eigenvalue weighted by atomic mass is 10.4. The molecule has 0 aromatic carbocycles. The van der Waals surface area contributed by atoms with Crippen LogP contribution in [0.15, 0.2) is 6.07 Å². The summed E-state index contributed by atoms with van der Waals surface area (Å²) < 4.78 is 6.88. The number of nitrogens with zero attached hydrogens (tertiary/aromatic N) is 2. The maximum atomic E-state index is 10.6. The quantitative estimate of drug-likeness (QED) is 0.777. The number of aryl methyl sites for hydroxylation is 1. The Bertz CT molecular complexity index is 355. The van der Waals surface area contributed by atoms with Crippen molar-refractivity contribution >= 4 is 5.97 Å². The van der Waals surface area contributed by atoms with E-state index in [4.69, 9.17) is 9.84 Å². The van der Waals surface area contributed by atoms with E-state index in [0.717, 1.165) is 0 Å². The molecule has 0 aliphatic heterocycles. The lowest BCUT2D eigenvalue weighted by Gasteiger charge is -2.03. The Morgan fingerprint density at radius 3 is 3.00 bits per heavy atom. The van der Waals surface area contributed by atoms with Crippen LogP contribution in [0.1, 0.15) is 23.3 Å². The molecule has 0 unspecified atom stereocenters. The highest BCUT2D eigenvalue weighted by Gasteiger charge is 2.23. The van der Waals surface area contributed by atoms with Crippen LogP contribution in [0.5, 0.6) is 5.88 Å². The van der Waals surface area contributed by atoms with Crippen molar-refractivity contribution in [3.63, 3.8) is 0 Å². The first kappa shape index (κ1) is 9.05. The lowest BCUT2D eigenvalue weighted by Crippen LogP contribution is -2.03. The van der Waals surface area contributed by atoms with Gasteiger partial charge >= 0.3 is 5.97 Å². The average molecular weight is 196 g/mol. The summed E-state index contributed by atoms with van der Waals surface area (Å²) in [5.74, 6) is 0.148. The minimum absolute atomic E-state index is 0.0262. The highest BCUT2D eigenvalue weighted by Crippen LogP contribution is 2.29. The van der Waals surface area contributed by atoms with E-state index in [0.29, 0.717) is 18.4 Å². The molecule has 1 saturated carbocycles. The Morgan fingerprint density at radius 1 is 1.79 bits per heavy atom. The van der Waals surface area contributed by atoms with Crippen molar-refractivity contribution in [1.82, 2.24) is 9.78 Å². The molecule has 0 atom stereocenters. The van der Waals surface area contributed by atoms with Gasteiger partial charge in [-0.3, -0.25) is 0 Å². The second kappa shape index (κ2) is 3.32. The third kappa shape index (κ3) is 1.86. The first-order chi connectivity index (χ1) is 6.66. The number of rotatable bonds is 4. The molecule has 5 heteroatoms. The van der Waals surface area contributed by atoms with E-state index < -0.39 is 5.97 Å². The number of aromatic carboxylic acids is 1. The Hall–Kier alpha value is -1.52. The molecule has 1 aromatic heterocycles. The third-order valence-electron chi connectivity index (χ3n) is 2.22. The van der Waals surface area contributed by atoms with Gasteiger partial charge in [0.05, 0.1) is 6.61 Å². The van der Waals surface area contributed by atoms with E-state index in [2.05, 4.69) is 5.10 Å². The molecule has 1 aliphatic carbocycles. The second-order valence-corrected chi connectivity index (χ2v) is 3.55. The van der Waals surface area contributed by atoms with Crippen molar-refractivity contribution in [3.05, 3.63) is 11.8 Å². The molecular formula is C9H12N2O3. The minimum atomic E-state index is -1.03. The van der Waals surface area contributed by atoms with Crippen LogP contribution in [0.25, 0.3) is 0 Å². The van der Waals surface area contributed by atoms with Gasteiger partial charge < -0.3 is 9.84 Å². The van der Waals surface area contributed by atoms with Gasteiger partial charge in [0.2, 0.25) is 5.88 Å². The first-order valence-corrected chi connectivity index (χ1v) is 4.57. The van der Waals surface area contributed by atoms with Gasteiger partial charge in [-0.15, -0.1) is 0 Å². The fourth-order valence-electron chi connectivity index (χ4n) is 1.18. The molecule has 2 rings (SSSR count). The lowest BCUT2D eigenvalue weighted by molar-refractivity contribution is 0.0689. The Labute approximate surface area is 81.3 Å². The van der Waals surface area contributed by atoms with Gasteiger partial charge in [-0.1, -0.05) is 0 Å². The van der Waals surface area contributed by atoms with Crippen molar-refractivity contribution in [3.8, 4) is 5.88 Å². The number of carbonyl (C=O) groups is 1. The maximum absolute atomic E-state index is 10.6. The molecule has 14 heavy (non-hydrogen) atoms. The molecule has 0 spiro atoms. The molecule has 5 nitrogen and oxygen atoms in total. The molecule has 1 aliphatic rings. The van der Waals surface area contributed by atoms with Gasteiger partial charge in [-0.05, 0) is 18.8 Å². The second-order valence-electron chi connectivity index (χ2n) is 3.55. The molecule has 0 radical (unpaired) electrons. The molecule has 1 N–H and O–H groups in total. The van der Waals surface area contributed by atoms with E-state index in [-0.39, 0.29) is 5.69 Å². The SMILES string of the molecule is Cn1nc(C(=O)O)cc1OCC1CC1. The number of hydrogen-bond acceptors (Lipinski definition) is 3. The third-order valence-corrected chi connectivity index (χ3v) is 2.22. The van der Waals surface area contributed by atoms with E-state index in [1.807, 2.05) is 0 Å². The van der Waals surface area contributed by atoms with Crippen molar-refractivity contribution in [2.24, 2.45) is 13.0 Å². The first-order valence-electron chi connectivity index (χ1n) is 4.57. The van der Waals surface area contributed by atoms with Crippen molar-refractivity contribution < 1.29 is 14.6 Å². The molecule has 0 amide bonds. The average Bonchev–Trinajstić information content (AvgIpc) is 2.87. The largest absolute Gasteiger partial charge is 0.478 e. The highest BCUT2D eigenvalue weighted by atomic mass is 16.5. The summed E-state index contributed by atoms with van der Waals surface area (Å²) in [6.07, 6.45) is 2.42. The van der Waals surface area contributed by atoms with Crippen LogP contribution in [0.3, 0.4) is 0 Å². The maximum Gasteiger partial charge on any atom is 0.356 e. The normalized spacial score (nSPS) is 15.5. The topological polar surface area (TPSA) is 64.4 Å². The summed E-state index contributed by atoms with van der Waals surface area (Å²) in [5, 5.41) is 12.5. The van der Waals surface area contributed by atoms with Crippen LogP contribution in [0.4, 0.5) is 0 Å². The van der Waals surface area contributed by atoms with Crippen molar-refractivity contribution in [1.29, 1.82) is 0 Å². The highest BCUT2D eigenvalue weighted by molar-refractivity contribution is 5.85. The minimum Gasteiger partial charge on any atom is -0.478 e. The van der Waals surface area contributed by atoms with Crippen LogP contribution in [0, 0.1) is 5.92 Å². The predicted octanol–water partition coefficient (Wildman–Crippen LogP) is 0.907. The number of carboxylic acid groups (broad SMARTS) is 1. The molecular weight excluding hydrogens is 184 g/mol. The van der Waals surface area contributed by atoms with Gasteiger partial charge in [0.1, 0.15) is 0 Å². The fraction of sp³-hybridized carbons (Fsp3) is 0.556. The molecule has 76 valence electrons. The van der Waals surface area contributed by atoms with Crippen LogP contribution < -0.4 is 4.74 Å². The summed E-state index contributed by atoms with van der Waals surface area (Å²) in [6, 6.07) is 1.45. The van der Waals surface area contributed by atoms with Gasteiger partial charge in [-0.2, -0.15) is 5.10 Å². The molecule has 1 heterocycles. The van der Waals surface area contributed by atoms with E-state index >= 15 is 0 Å². The van der Waals surface area contributed by atoms with Crippen LogP contribution in [-0.2, 0) is 7.05 Å². The van der Waals surface area contributed by atoms with Crippen LogP contribution in [0.2, 0.25) is 0 Å². The molecule has 1 aromatic rings. The number of hydrogen-bond donors (Lipinski definition) is 1. The summed E-state index contributed by atoms with van der Waals surface area (Å²) in [6.45, 7) is 0.665. The van der Waals surface area contributed by atoms with Crippen molar-refractivity contribution in [2.45, 2.75) is 12.8 Å². The van der Waals surface area contributed by atoms with Crippen molar-refractivity contribution in [2.75, 3.05) is 6.61 Å². The number of aromatic nitrogens is 2. The summed E-state index contributed by atoms with van der Waals surface area (Å²) in [7, 11) is 1.68. The van der Waals surface area contributed by atoms with Crippen LogP contribution >= 0.6 is 0 Å². The Kier molecular flexibility index (Phi) is 2.15. The van der Waals surface area contributed by atoms with Gasteiger partial charge in [-0.25, -0.2) is 9.48 Å². The Morgan fingerprint density at radius 2 is 2.50 bits per heavy atom. The van der Waals surface area contributed by atoms with Gasteiger partial charge in [0.25, 0.3) is 0 Å². The summed E-state index contributed by atoms with van der Waals surface area (Å²) in [4.78, 5) is 10.6.